The van der Waals surface area contributed by atoms with Crippen LogP contribution in [-0.2, 0) is 20.7 Å². The molecule has 2 rings (SSSR count). The maximum Gasteiger partial charge on any atom is 0.248 e. The summed E-state index contributed by atoms with van der Waals surface area (Å²) in [6.45, 7) is 0.991. The number of amides is 2. The monoisotopic (exact) mass is 338 g/mol. The lowest BCUT2D eigenvalue weighted by Gasteiger charge is -2.06. The highest BCUT2D eigenvalue weighted by molar-refractivity contribution is 6.01. The van der Waals surface area contributed by atoms with Crippen LogP contribution in [0.5, 0.6) is 0 Å². The summed E-state index contributed by atoms with van der Waals surface area (Å²) in [7, 11) is 1.59. The van der Waals surface area contributed by atoms with Crippen LogP contribution in [-0.4, -0.2) is 32.1 Å². The van der Waals surface area contributed by atoms with E-state index in [9.17, 15) is 9.59 Å². The molecule has 5 nitrogen and oxygen atoms in total. The van der Waals surface area contributed by atoms with E-state index in [4.69, 9.17) is 4.74 Å². The highest BCUT2D eigenvalue weighted by Gasteiger charge is 2.03. The van der Waals surface area contributed by atoms with Crippen LogP contribution in [0.2, 0.25) is 0 Å². The zero-order valence-electron chi connectivity index (χ0n) is 14.2. The summed E-state index contributed by atoms with van der Waals surface area (Å²) in [5, 5.41) is 5.56. The van der Waals surface area contributed by atoms with Crippen molar-refractivity contribution in [2.45, 2.75) is 6.42 Å². The van der Waals surface area contributed by atoms with Gasteiger partial charge in [0, 0.05) is 25.4 Å². The van der Waals surface area contributed by atoms with Crippen molar-refractivity contribution >= 4 is 23.6 Å². The molecule has 2 N–H and O–H groups in total. The van der Waals surface area contributed by atoms with E-state index in [1.165, 1.54) is 6.08 Å². The van der Waals surface area contributed by atoms with Gasteiger partial charge in [0.2, 0.25) is 11.8 Å². The number of hydrogen-bond donors (Lipinski definition) is 2. The van der Waals surface area contributed by atoms with Crippen molar-refractivity contribution in [3.8, 4) is 0 Å². The number of ether oxygens (including phenoxy) is 1. The van der Waals surface area contributed by atoms with E-state index >= 15 is 0 Å². The fourth-order valence-corrected chi connectivity index (χ4v) is 2.17. The molecule has 2 aromatic carbocycles. The maximum absolute atomic E-state index is 11.9. The Kier molecular flexibility index (Phi) is 7.41. The smallest absolute Gasteiger partial charge is 0.248 e. The van der Waals surface area contributed by atoms with Gasteiger partial charge in [0.15, 0.2) is 0 Å². The number of rotatable bonds is 8. The van der Waals surface area contributed by atoms with E-state index in [2.05, 4.69) is 10.6 Å². The third-order valence-corrected chi connectivity index (χ3v) is 3.44. The zero-order chi connectivity index (χ0) is 17.9. The molecule has 0 aliphatic carbocycles. The molecule has 25 heavy (non-hydrogen) atoms. The largest absolute Gasteiger partial charge is 0.383 e. The summed E-state index contributed by atoms with van der Waals surface area (Å²) in [5.41, 5.74) is 2.53. The van der Waals surface area contributed by atoms with Gasteiger partial charge in [-0.3, -0.25) is 9.59 Å². The highest BCUT2D eigenvalue weighted by atomic mass is 16.5. The number of methoxy groups -OCH3 is 1. The Morgan fingerprint density at radius 1 is 1.04 bits per heavy atom. The van der Waals surface area contributed by atoms with Gasteiger partial charge in [0.25, 0.3) is 0 Å². The standard InChI is InChI=1S/C20H22N2O3/c1-25-14-13-21-20(24)15-17-7-10-18(11-8-17)22-19(23)12-9-16-5-3-2-4-6-16/h2-12H,13-15H2,1H3,(H,21,24)(H,22,23). The van der Waals surface area contributed by atoms with Gasteiger partial charge >= 0.3 is 0 Å². The van der Waals surface area contributed by atoms with Crippen molar-refractivity contribution in [2.75, 3.05) is 25.6 Å². The van der Waals surface area contributed by atoms with Crippen molar-refractivity contribution in [1.82, 2.24) is 5.32 Å². The number of nitrogens with one attached hydrogen (secondary N) is 2. The molecule has 0 saturated heterocycles. The van der Waals surface area contributed by atoms with Crippen molar-refractivity contribution in [3.05, 3.63) is 71.8 Å². The molecule has 0 atom stereocenters. The summed E-state index contributed by atoms with van der Waals surface area (Å²) in [4.78, 5) is 23.6. The molecular weight excluding hydrogens is 316 g/mol. The fourth-order valence-electron chi connectivity index (χ4n) is 2.17. The summed E-state index contributed by atoms with van der Waals surface area (Å²) in [5.74, 6) is -0.256. The lowest BCUT2D eigenvalue weighted by Crippen LogP contribution is -2.28. The van der Waals surface area contributed by atoms with E-state index < -0.39 is 0 Å². The number of benzene rings is 2. The molecule has 0 radical (unpaired) electrons. The second-order valence-corrected chi connectivity index (χ2v) is 5.45. The van der Waals surface area contributed by atoms with Crippen LogP contribution in [0.4, 0.5) is 5.69 Å². The molecule has 130 valence electrons. The van der Waals surface area contributed by atoms with Crippen LogP contribution >= 0.6 is 0 Å². The Bertz CT molecular complexity index is 709. The third kappa shape index (κ3) is 7.01. The normalized spacial score (nSPS) is 10.6. The Morgan fingerprint density at radius 3 is 2.44 bits per heavy atom. The van der Waals surface area contributed by atoms with Crippen LogP contribution in [0.3, 0.4) is 0 Å². The Morgan fingerprint density at radius 2 is 1.76 bits per heavy atom. The van der Waals surface area contributed by atoms with E-state index in [0.29, 0.717) is 25.3 Å². The van der Waals surface area contributed by atoms with Crippen LogP contribution < -0.4 is 10.6 Å². The molecule has 2 aromatic rings. The number of carbonyl (C=O) groups is 2. The Hall–Kier alpha value is -2.92. The van der Waals surface area contributed by atoms with Gasteiger partial charge in [-0.15, -0.1) is 0 Å². The van der Waals surface area contributed by atoms with Gasteiger partial charge in [-0.1, -0.05) is 42.5 Å². The maximum atomic E-state index is 11.9. The van der Waals surface area contributed by atoms with Gasteiger partial charge in [0.05, 0.1) is 13.0 Å². The summed E-state index contributed by atoms with van der Waals surface area (Å²) in [6, 6.07) is 16.8. The van der Waals surface area contributed by atoms with Crippen molar-refractivity contribution in [1.29, 1.82) is 0 Å². The molecule has 0 unspecified atom stereocenters. The Labute approximate surface area is 147 Å². The van der Waals surface area contributed by atoms with E-state index in [1.807, 2.05) is 42.5 Å². The number of anilines is 1. The molecule has 0 saturated carbocycles. The first-order chi connectivity index (χ1) is 12.2. The molecular formula is C20H22N2O3. The second kappa shape index (κ2) is 10.1. The van der Waals surface area contributed by atoms with Gasteiger partial charge in [0.1, 0.15) is 0 Å². The number of hydrogen-bond acceptors (Lipinski definition) is 3. The summed E-state index contributed by atoms with van der Waals surface area (Å²) in [6.07, 6.45) is 3.55. The van der Waals surface area contributed by atoms with Crippen LogP contribution in [0, 0.1) is 0 Å². The molecule has 5 heteroatoms. The molecule has 0 spiro atoms. The number of carbonyl (C=O) groups excluding carboxylic acids is 2. The quantitative estimate of drug-likeness (QED) is 0.574. The second-order valence-electron chi connectivity index (χ2n) is 5.45. The minimum absolute atomic E-state index is 0.0559. The molecule has 0 fully saturated rings. The first kappa shape index (κ1) is 18.4. The minimum Gasteiger partial charge on any atom is -0.383 e. The molecule has 0 bridgehead atoms. The molecule has 0 aliphatic rings. The van der Waals surface area contributed by atoms with E-state index in [-0.39, 0.29) is 11.8 Å². The molecule has 2 amide bonds. The molecule has 0 aromatic heterocycles. The Balaban J connectivity index is 1.82. The van der Waals surface area contributed by atoms with Gasteiger partial charge < -0.3 is 15.4 Å². The fraction of sp³-hybridized carbons (Fsp3) is 0.200. The van der Waals surface area contributed by atoms with Crippen molar-refractivity contribution < 1.29 is 14.3 Å². The lowest BCUT2D eigenvalue weighted by atomic mass is 10.1. The molecule has 0 aliphatic heterocycles. The summed E-state index contributed by atoms with van der Waals surface area (Å²) < 4.78 is 4.88. The average Bonchev–Trinajstić information content (AvgIpc) is 2.63. The molecule has 0 heterocycles. The van der Waals surface area contributed by atoms with Crippen molar-refractivity contribution in [2.24, 2.45) is 0 Å². The predicted molar refractivity (Wildman–Crippen MR) is 99.1 cm³/mol. The highest BCUT2D eigenvalue weighted by Crippen LogP contribution is 2.10. The SMILES string of the molecule is COCCNC(=O)Cc1ccc(NC(=O)C=Cc2ccccc2)cc1. The lowest BCUT2D eigenvalue weighted by molar-refractivity contribution is -0.120. The van der Waals surface area contributed by atoms with Gasteiger partial charge in [-0.05, 0) is 29.3 Å². The van der Waals surface area contributed by atoms with Gasteiger partial charge in [-0.25, -0.2) is 0 Å². The average molecular weight is 338 g/mol. The van der Waals surface area contributed by atoms with E-state index in [0.717, 1.165) is 11.1 Å². The summed E-state index contributed by atoms with van der Waals surface area (Å²) >= 11 is 0. The topological polar surface area (TPSA) is 67.4 Å². The zero-order valence-corrected chi connectivity index (χ0v) is 14.2. The van der Waals surface area contributed by atoms with Gasteiger partial charge in [-0.2, -0.15) is 0 Å². The van der Waals surface area contributed by atoms with Crippen molar-refractivity contribution in [3.63, 3.8) is 0 Å². The van der Waals surface area contributed by atoms with Crippen LogP contribution in [0.1, 0.15) is 11.1 Å². The predicted octanol–water partition coefficient (Wildman–Crippen LogP) is 2.64. The third-order valence-electron chi connectivity index (χ3n) is 3.44. The van der Waals surface area contributed by atoms with Crippen LogP contribution in [0.25, 0.3) is 6.08 Å². The van der Waals surface area contributed by atoms with E-state index in [1.54, 1.807) is 25.3 Å². The minimum atomic E-state index is -0.200. The first-order valence-corrected chi connectivity index (χ1v) is 8.06. The first-order valence-electron chi connectivity index (χ1n) is 8.06. The van der Waals surface area contributed by atoms with Crippen LogP contribution in [0.15, 0.2) is 60.7 Å².